The first-order valence-electron chi connectivity index (χ1n) is 5.49. The monoisotopic (exact) mass is 259 g/mol. The number of nitrogens with zero attached hydrogens (tertiary/aromatic N) is 1. The highest BCUT2D eigenvalue weighted by molar-refractivity contribution is 7.80. The molecule has 0 atom stereocenters. The van der Waals surface area contributed by atoms with Gasteiger partial charge in [-0.2, -0.15) is 0 Å². The van der Waals surface area contributed by atoms with Crippen LogP contribution in [-0.4, -0.2) is 30.5 Å². The molecule has 18 heavy (non-hydrogen) atoms. The van der Waals surface area contributed by atoms with E-state index in [-0.39, 0.29) is 0 Å². The number of carbonyl (C=O) groups excluding carboxylic acids is 1. The molecule has 0 heterocycles. The number of fused-ring (bicyclic) bond motifs is 1. The minimum atomic E-state index is 0.327. The van der Waals surface area contributed by atoms with Gasteiger partial charge in [-0.05, 0) is 29.1 Å². The average Bonchev–Trinajstić information content (AvgIpc) is 2.38. The van der Waals surface area contributed by atoms with E-state index in [1.165, 1.54) is 0 Å². The van der Waals surface area contributed by atoms with Crippen molar-refractivity contribution < 1.29 is 9.53 Å². The maximum atomic E-state index is 11.3. The number of ether oxygens (including phenoxy) is 1. The summed E-state index contributed by atoms with van der Waals surface area (Å²) < 4.78 is 5.53. The predicted molar refractivity (Wildman–Crippen MR) is 76.2 cm³/mol. The Labute approximate surface area is 111 Å². The van der Waals surface area contributed by atoms with Crippen molar-refractivity contribution in [2.24, 2.45) is 0 Å². The van der Waals surface area contributed by atoms with E-state index in [1.807, 2.05) is 30.3 Å². The maximum Gasteiger partial charge on any atom is 0.264 e. The van der Waals surface area contributed by atoms with Crippen molar-refractivity contribution in [3.63, 3.8) is 0 Å². The van der Waals surface area contributed by atoms with Crippen LogP contribution < -0.4 is 4.74 Å². The highest BCUT2D eigenvalue weighted by atomic mass is 32.1. The molecule has 2 rings (SSSR count). The van der Waals surface area contributed by atoms with Crippen molar-refractivity contribution in [1.29, 1.82) is 0 Å². The molecular formula is C14H13NO2S. The molecule has 0 bridgehead atoms. The van der Waals surface area contributed by atoms with Gasteiger partial charge in [-0.3, -0.25) is 4.79 Å². The molecule has 0 saturated carbocycles. The molecule has 0 amide bonds. The van der Waals surface area contributed by atoms with Crippen LogP contribution in [0.3, 0.4) is 0 Å². The minimum absolute atomic E-state index is 0.327. The summed E-state index contributed by atoms with van der Waals surface area (Å²) in [7, 11) is 3.59. The van der Waals surface area contributed by atoms with Crippen molar-refractivity contribution in [3.05, 3.63) is 42.0 Å². The van der Waals surface area contributed by atoms with Crippen LogP contribution in [0.2, 0.25) is 0 Å². The normalized spacial score (nSPS) is 10.1. The van der Waals surface area contributed by atoms with Gasteiger partial charge in [0.2, 0.25) is 0 Å². The van der Waals surface area contributed by atoms with E-state index in [0.717, 1.165) is 17.1 Å². The fourth-order valence-corrected chi connectivity index (χ4v) is 1.76. The number of benzene rings is 2. The van der Waals surface area contributed by atoms with Gasteiger partial charge in [0.25, 0.3) is 5.17 Å². The molecule has 0 fully saturated rings. The quantitative estimate of drug-likeness (QED) is 0.612. The lowest BCUT2D eigenvalue weighted by atomic mass is 10.0. The first kappa shape index (κ1) is 12.5. The van der Waals surface area contributed by atoms with Crippen molar-refractivity contribution in [2.75, 3.05) is 14.1 Å². The van der Waals surface area contributed by atoms with Gasteiger partial charge < -0.3 is 9.64 Å². The van der Waals surface area contributed by atoms with Crippen LogP contribution in [0.5, 0.6) is 5.75 Å². The summed E-state index contributed by atoms with van der Waals surface area (Å²) in [5, 5.41) is 2.20. The Morgan fingerprint density at radius 2 is 1.94 bits per heavy atom. The second-order valence-electron chi connectivity index (χ2n) is 4.08. The molecule has 2 aromatic rings. The second-order valence-corrected chi connectivity index (χ2v) is 4.43. The molecule has 2 aromatic carbocycles. The Morgan fingerprint density at radius 3 is 2.61 bits per heavy atom. The van der Waals surface area contributed by atoms with Gasteiger partial charge in [-0.1, -0.05) is 30.3 Å². The molecule has 0 N–H and O–H groups in total. The number of hydrogen-bond acceptors (Lipinski definition) is 3. The van der Waals surface area contributed by atoms with Crippen LogP contribution in [-0.2, 0) is 0 Å². The molecule has 4 heteroatoms. The lowest BCUT2D eigenvalue weighted by Gasteiger charge is -2.15. The number of carbonyl (C=O) groups is 1. The fraction of sp³-hybridized carbons (Fsp3) is 0.143. The summed E-state index contributed by atoms with van der Waals surface area (Å²) >= 11 is 5.08. The standard InChI is InChI=1S/C14H13NO2S/c1-15(2)14(18)17-13-8-7-10-5-3-4-6-11(10)12(13)9-16/h3-9H,1-2H3. The minimum Gasteiger partial charge on any atom is -0.431 e. The van der Waals surface area contributed by atoms with E-state index < -0.39 is 0 Å². The largest absolute Gasteiger partial charge is 0.431 e. The number of hydrogen-bond donors (Lipinski definition) is 0. The second kappa shape index (κ2) is 5.14. The van der Waals surface area contributed by atoms with Crippen LogP contribution in [0, 0.1) is 0 Å². The average molecular weight is 259 g/mol. The van der Waals surface area contributed by atoms with Gasteiger partial charge >= 0.3 is 0 Å². The van der Waals surface area contributed by atoms with Crippen LogP contribution >= 0.6 is 12.2 Å². The maximum absolute atomic E-state index is 11.3. The third-order valence-electron chi connectivity index (χ3n) is 2.61. The SMILES string of the molecule is CN(C)C(=S)Oc1ccc2ccccc2c1C=O. The van der Waals surface area contributed by atoms with Gasteiger partial charge in [0, 0.05) is 14.1 Å². The predicted octanol–water partition coefficient (Wildman–Crippen LogP) is 2.88. The van der Waals surface area contributed by atoms with Gasteiger partial charge in [-0.25, -0.2) is 0 Å². The number of rotatable bonds is 2. The van der Waals surface area contributed by atoms with Crippen LogP contribution in [0.25, 0.3) is 10.8 Å². The van der Waals surface area contributed by atoms with E-state index in [1.54, 1.807) is 25.1 Å². The lowest BCUT2D eigenvalue weighted by Crippen LogP contribution is -2.25. The van der Waals surface area contributed by atoms with E-state index in [2.05, 4.69) is 0 Å². The molecule has 3 nitrogen and oxygen atoms in total. The zero-order chi connectivity index (χ0) is 13.1. The molecule has 92 valence electrons. The Kier molecular flexibility index (Phi) is 3.58. The zero-order valence-corrected chi connectivity index (χ0v) is 11.0. The molecule has 0 aliphatic heterocycles. The number of aldehydes is 1. The molecule has 0 aliphatic rings. The third kappa shape index (κ3) is 2.33. The summed E-state index contributed by atoms with van der Waals surface area (Å²) in [5.74, 6) is 0.488. The molecule has 0 spiro atoms. The molecule has 0 aromatic heterocycles. The Balaban J connectivity index is 2.51. The van der Waals surface area contributed by atoms with E-state index >= 15 is 0 Å². The third-order valence-corrected chi connectivity index (χ3v) is 3.06. The molecular weight excluding hydrogens is 246 g/mol. The molecule has 0 aliphatic carbocycles. The van der Waals surface area contributed by atoms with E-state index in [4.69, 9.17) is 17.0 Å². The smallest absolute Gasteiger partial charge is 0.264 e. The fourth-order valence-electron chi connectivity index (χ4n) is 1.67. The molecule has 0 radical (unpaired) electrons. The van der Waals surface area contributed by atoms with Crippen LogP contribution in [0.15, 0.2) is 36.4 Å². The summed E-state index contributed by atoms with van der Waals surface area (Å²) in [5.41, 5.74) is 0.525. The van der Waals surface area contributed by atoms with Gasteiger partial charge in [-0.15, -0.1) is 0 Å². The Bertz CT molecular complexity index is 608. The Morgan fingerprint density at radius 1 is 1.22 bits per heavy atom. The zero-order valence-electron chi connectivity index (χ0n) is 10.2. The molecule has 0 unspecified atom stereocenters. The summed E-state index contributed by atoms with van der Waals surface area (Å²) in [4.78, 5) is 12.9. The van der Waals surface area contributed by atoms with Crippen molar-refractivity contribution in [2.45, 2.75) is 0 Å². The van der Waals surface area contributed by atoms with Crippen LogP contribution in [0.1, 0.15) is 10.4 Å². The van der Waals surface area contributed by atoms with Gasteiger partial charge in [0.15, 0.2) is 6.29 Å². The first-order valence-corrected chi connectivity index (χ1v) is 5.90. The summed E-state index contributed by atoms with van der Waals surface area (Å²) in [6.07, 6.45) is 0.802. The summed E-state index contributed by atoms with van der Waals surface area (Å²) in [6, 6.07) is 11.4. The van der Waals surface area contributed by atoms with Crippen LogP contribution in [0.4, 0.5) is 0 Å². The van der Waals surface area contributed by atoms with Gasteiger partial charge in [0.05, 0.1) is 5.56 Å². The molecule has 0 saturated heterocycles. The van der Waals surface area contributed by atoms with E-state index in [0.29, 0.717) is 16.5 Å². The highest BCUT2D eigenvalue weighted by Gasteiger charge is 2.10. The first-order chi connectivity index (χ1) is 8.63. The van der Waals surface area contributed by atoms with E-state index in [9.17, 15) is 4.79 Å². The van der Waals surface area contributed by atoms with Crippen molar-refractivity contribution >= 4 is 34.5 Å². The topological polar surface area (TPSA) is 29.5 Å². The van der Waals surface area contributed by atoms with Crippen molar-refractivity contribution in [3.8, 4) is 5.75 Å². The lowest BCUT2D eigenvalue weighted by molar-refractivity contribution is 0.112. The van der Waals surface area contributed by atoms with Gasteiger partial charge in [0.1, 0.15) is 5.75 Å². The van der Waals surface area contributed by atoms with Crippen molar-refractivity contribution in [1.82, 2.24) is 4.90 Å². The number of thiocarbonyl (C=S) groups is 1. The summed E-state index contributed by atoms with van der Waals surface area (Å²) in [6.45, 7) is 0. The highest BCUT2D eigenvalue weighted by Crippen LogP contribution is 2.26. The Hall–Kier alpha value is -1.94.